The number of rotatable bonds is 6. The number of para-hydroxylation sites is 1. The Balaban J connectivity index is 2.15. The van der Waals surface area contributed by atoms with E-state index in [0.29, 0.717) is 12.8 Å². The molecule has 112 valence electrons. The van der Waals surface area contributed by atoms with Crippen molar-refractivity contribution in [3.05, 3.63) is 64.4 Å². The number of nitrogens with one attached hydrogen (secondary N) is 1. The summed E-state index contributed by atoms with van der Waals surface area (Å²) in [6.07, 6.45) is 1.19. The van der Waals surface area contributed by atoms with Crippen LogP contribution in [-0.2, 0) is 12.8 Å². The van der Waals surface area contributed by atoms with Gasteiger partial charge in [-0.05, 0) is 36.1 Å². The number of hydrogen-bond acceptors (Lipinski definition) is 3. The average Bonchev–Trinajstić information content (AvgIpc) is 2.51. The molecule has 2 aromatic carbocycles. The van der Waals surface area contributed by atoms with Gasteiger partial charge >= 0.3 is 0 Å². The van der Waals surface area contributed by atoms with Crippen molar-refractivity contribution in [3.8, 4) is 5.75 Å². The molecular weight excluding hydrogens is 291 g/mol. The molecule has 0 bridgehead atoms. The number of hydrazine groups is 1. The summed E-state index contributed by atoms with van der Waals surface area (Å²) in [6, 6.07) is 12.5. The number of methoxy groups -OCH3 is 1. The van der Waals surface area contributed by atoms with Crippen molar-refractivity contribution in [3.63, 3.8) is 0 Å². The van der Waals surface area contributed by atoms with Crippen LogP contribution in [0.1, 0.15) is 11.1 Å². The molecule has 0 spiro atoms. The van der Waals surface area contributed by atoms with Crippen molar-refractivity contribution < 1.29 is 9.13 Å². The molecule has 1 atom stereocenters. The summed E-state index contributed by atoms with van der Waals surface area (Å²) < 4.78 is 18.8. The molecule has 0 saturated heterocycles. The molecule has 0 amide bonds. The standard InChI is InChI=1S/C16H18ClFN2O/c1-21-15-8-3-2-5-11(15)9-13(20-19)10-12-6-4-7-14(18)16(12)17/h2-8,13,20H,9-10,19H2,1H3. The predicted octanol–water partition coefficient (Wildman–Crippen LogP) is 3.10. The zero-order valence-electron chi connectivity index (χ0n) is 11.8. The van der Waals surface area contributed by atoms with Crippen LogP contribution in [0.4, 0.5) is 4.39 Å². The van der Waals surface area contributed by atoms with Gasteiger partial charge in [-0.25, -0.2) is 4.39 Å². The molecule has 0 aliphatic carbocycles. The van der Waals surface area contributed by atoms with Crippen LogP contribution in [0.15, 0.2) is 42.5 Å². The highest BCUT2D eigenvalue weighted by atomic mass is 35.5. The number of halogens is 2. The van der Waals surface area contributed by atoms with Crippen molar-refractivity contribution in [2.24, 2.45) is 5.84 Å². The van der Waals surface area contributed by atoms with Crippen molar-refractivity contribution in [1.29, 1.82) is 0 Å². The van der Waals surface area contributed by atoms with Crippen LogP contribution in [0.3, 0.4) is 0 Å². The largest absolute Gasteiger partial charge is 0.496 e. The SMILES string of the molecule is COc1ccccc1CC(Cc1cccc(F)c1Cl)NN. The van der Waals surface area contributed by atoms with E-state index in [2.05, 4.69) is 5.43 Å². The van der Waals surface area contributed by atoms with Crippen LogP contribution >= 0.6 is 11.6 Å². The maximum atomic E-state index is 13.5. The smallest absolute Gasteiger partial charge is 0.142 e. The summed E-state index contributed by atoms with van der Waals surface area (Å²) in [6.45, 7) is 0. The summed E-state index contributed by atoms with van der Waals surface area (Å²) in [4.78, 5) is 0. The van der Waals surface area contributed by atoms with Gasteiger partial charge in [-0.3, -0.25) is 11.3 Å². The van der Waals surface area contributed by atoms with E-state index in [0.717, 1.165) is 16.9 Å². The second-order valence-corrected chi connectivity index (χ2v) is 5.17. The Morgan fingerprint density at radius 3 is 2.52 bits per heavy atom. The first kappa shape index (κ1) is 15.8. The molecule has 2 aromatic rings. The van der Waals surface area contributed by atoms with E-state index in [1.165, 1.54) is 6.07 Å². The first-order valence-corrected chi connectivity index (χ1v) is 7.04. The van der Waals surface area contributed by atoms with Crippen LogP contribution < -0.4 is 16.0 Å². The normalized spacial score (nSPS) is 12.2. The third-order valence-electron chi connectivity index (χ3n) is 3.39. The Morgan fingerprint density at radius 2 is 1.81 bits per heavy atom. The molecule has 1 unspecified atom stereocenters. The Kier molecular flexibility index (Phi) is 5.56. The molecule has 0 heterocycles. The lowest BCUT2D eigenvalue weighted by Crippen LogP contribution is -2.38. The average molecular weight is 309 g/mol. The van der Waals surface area contributed by atoms with Gasteiger partial charge in [0.15, 0.2) is 0 Å². The number of nitrogens with two attached hydrogens (primary N) is 1. The zero-order chi connectivity index (χ0) is 15.2. The fourth-order valence-corrected chi connectivity index (χ4v) is 2.50. The van der Waals surface area contributed by atoms with E-state index < -0.39 is 5.82 Å². The molecule has 3 nitrogen and oxygen atoms in total. The molecular formula is C16H18ClFN2O. The highest BCUT2D eigenvalue weighted by Gasteiger charge is 2.15. The van der Waals surface area contributed by atoms with E-state index in [9.17, 15) is 4.39 Å². The predicted molar refractivity (Wildman–Crippen MR) is 82.9 cm³/mol. The van der Waals surface area contributed by atoms with Crippen LogP contribution in [0, 0.1) is 5.82 Å². The number of benzene rings is 2. The van der Waals surface area contributed by atoms with Crippen molar-refractivity contribution in [1.82, 2.24) is 5.43 Å². The second-order valence-electron chi connectivity index (χ2n) is 4.80. The van der Waals surface area contributed by atoms with E-state index >= 15 is 0 Å². The van der Waals surface area contributed by atoms with Gasteiger partial charge in [0.1, 0.15) is 11.6 Å². The maximum absolute atomic E-state index is 13.5. The van der Waals surface area contributed by atoms with Gasteiger partial charge in [0, 0.05) is 6.04 Å². The van der Waals surface area contributed by atoms with Gasteiger partial charge in [0.05, 0.1) is 12.1 Å². The van der Waals surface area contributed by atoms with Gasteiger partial charge in [-0.2, -0.15) is 0 Å². The lowest BCUT2D eigenvalue weighted by atomic mass is 9.99. The summed E-state index contributed by atoms with van der Waals surface area (Å²) in [5.41, 5.74) is 4.53. The van der Waals surface area contributed by atoms with E-state index in [4.69, 9.17) is 22.2 Å². The summed E-state index contributed by atoms with van der Waals surface area (Å²) >= 11 is 5.99. The monoisotopic (exact) mass is 308 g/mol. The first-order valence-electron chi connectivity index (χ1n) is 6.66. The first-order chi connectivity index (χ1) is 10.2. The van der Waals surface area contributed by atoms with Crippen LogP contribution in [0.2, 0.25) is 5.02 Å². The Morgan fingerprint density at radius 1 is 1.14 bits per heavy atom. The molecule has 0 aliphatic heterocycles. The van der Waals surface area contributed by atoms with Crippen LogP contribution in [0.5, 0.6) is 5.75 Å². The van der Waals surface area contributed by atoms with Crippen molar-refractivity contribution >= 4 is 11.6 Å². The van der Waals surface area contributed by atoms with Gasteiger partial charge in [0.2, 0.25) is 0 Å². The number of ether oxygens (including phenoxy) is 1. The molecule has 5 heteroatoms. The molecule has 0 aliphatic rings. The van der Waals surface area contributed by atoms with Crippen molar-refractivity contribution in [2.75, 3.05) is 7.11 Å². The molecule has 0 aromatic heterocycles. The minimum absolute atomic E-state index is 0.0689. The molecule has 2 rings (SSSR count). The summed E-state index contributed by atoms with van der Waals surface area (Å²) in [5, 5.41) is 0.151. The minimum Gasteiger partial charge on any atom is -0.496 e. The van der Waals surface area contributed by atoms with Gasteiger partial charge in [0.25, 0.3) is 0 Å². The Hall–Kier alpha value is -1.62. The topological polar surface area (TPSA) is 47.3 Å². The molecule has 0 fully saturated rings. The highest BCUT2D eigenvalue weighted by Crippen LogP contribution is 2.23. The molecule has 21 heavy (non-hydrogen) atoms. The third-order valence-corrected chi connectivity index (χ3v) is 3.82. The third kappa shape index (κ3) is 3.94. The van der Waals surface area contributed by atoms with Crippen LogP contribution in [0.25, 0.3) is 0 Å². The lowest BCUT2D eigenvalue weighted by Gasteiger charge is -2.18. The highest BCUT2D eigenvalue weighted by molar-refractivity contribution is 6.31. The van der Waals surface area contributed by atoms with E-state index in [-0.39, 0.29) is 11.1 Å². The van der Waals surface area contributed by atoms with Crippen molar-refractivity contribution in [2.45, 2.75) is 18.9 Å². The zero-order valence-corrected chi connectivity index (χ0v) is 12.5. The fourth-order valence-electron chi connectivity index (χ4n) is 2.30. The van der Waals surface area contributed by atoms with E-state index in [1.807, 2.05) is 24.3 Å². The van der Waals surface area contributed by atoms with Crippen LogP contribution in [-0.4, -0.2) is 13.2 Å². The van der Waals surface area contributed by atoms with Gasteiger partial charge in [-0.1, -0.05) is 41.9 Å². The minimum atomic E-state index is -0.415. The number of hydrogen-bond donors (Lipinski definition) is 2. The molecule has 0 saturated carbocycles. The molecule has 3 N–H and O–H groups in total. The maximum Gasteiger partial charge on any atom is 0.142 e. The quantitative estimate of drug-likeness (QED) is 0.637. The van der Waals surface area contributed by atoms with E-state index in [1.54, 1.807) is 19.2 Å². The summed E-state index contributed by atoms with van der Waals surface area (Å²) in [5.74, 6) is 6.01. The Bertz CT molecular complexity index is 607. The van der Waals surface area contributed by atoms with Gasteiger partial charge < -0.3 is 4.74 Å². The Labute approximate surface area is 128 Å². The lowest BCUT2D eigenvalue weighted by molar-refractivity contribution is 0.404. The fraction of sp³-hybridized carbons (Fsp3) is 0.250. The molecule has 0 radical (unpaired) electrons. The summed E-state index contributed by atoms with van der Waals surface area (Å²) in [7, 11) is 1.63. The second kappa shape index (κ2) is 7.41. The van der Waals surface area contributed by atoms with Gasteiger partial charge in [-0.15, -0.1) is 0 Å².